The van der Waals surface area contributed by atoms with Gasteiger partial charge in [-0.05, 0) is 37.0 Å². The number of nitrogens with one attached hydrogen (secondary N) is 2. The molecule has 3 heterocycles. The molecular weight excluding hydrogens is 332 g/mol. The minimum atomic E-state index is -0.169. The fourth-order valence-corrected chi connectivity index (χ4v) is 4.40. The Morgan fingerprint density at radius 3 is 2.65 bits per heavy atom. The first-order valence-corrected chi connectivity index (χ1v) is 9.60. The SMILES string of the molecule is COC(=O)C1CC2COCC2NC1c1ccc(NC2CCOCC2)cc1. The quantitative estimate of drug-likeness (QED) is 0.802. The summed E-state index contributed by atoms with van der Waals surface area (Å²) in [6.45, 7) is 3.10. The van der Waals surface area contributed by atoms with Crippen LogP contribution in [0.5, 0.6) is 0 Å². The average Bonchev–Trinajstić information content (AvgIpc) is 3.15. The minimum absolute atomic E-state index is 0.0254. The monoisotopic (exact) mass is 360 g/mol. The minimum Gasteiger partial charge on any atom is -0.469 e. The Morgan fingerprint density at radius 1 is 1.15 bits per heavy atom. The summed E-state index contributed by atoms with van der Waals surface area (Å²) in [6.07, 6.45) is 2.90. The van der Waals surface area contributed by atoms with E-state index in [1.54, 1.807) is 0 Å². The van der Waals surface area contributed by atoms with Gasteiger partial charge in [0.15, 0.2) is 0 Å². The Kier molecular flexibility index (Phi) is 5.43. The first-order valence-electron chi connectivity index (χ1n) is 9.60. The first-order chi connectivity index (χ1) is 12.7. The Morgan fingerprint density at radius 2 is 1.92 bits per heavy atom. The Labute approximate surface area is 154 Å². The van der Waals surface area contributed by atoms with E-state index >= 15 is 0 Å². The van der Waals surface area contributed by atoms with Crippen LogP contribution in [0.3, 0.4) is 0 Å². The normalized spacial score (nSPS) is 32.0. The van der Waals surface area contributed by atoms with Gasteiger partial charge in [-0.3, -0.25) is 4.79 Å². The molecule has 3 aliphatic rings. The molecule has 0 aliphatic carbocycles. The molecule has 1 aromatic rings. The Balaban J connectivity index is 1.47. The van der Waals surface area contributed by atoms with E-state index in [-0.39, 0.29) is 17.9 Å². The molecule has 2 N–H and O–H groups in total. The summed E-state index contributed by atoms with van der Waals surface area (Å²) >= 11 is 0. The van der Waals surface area contributed by atoms with Crippen LogP contribution in [0, 0.1) is 11.8 Å². The van der Waals surface area contributed by atoms with Crippen LogP contribution in [0.15, 0.2) is 24.3 Å². The lowest BCUT2D eigenvalue weighted by molar-refractivity contribution is -0.148. The predicted molar refractivity (Wildman–Crippen MR) is 98.0 cm³/mol. The summed E-state index contributed by atoms with van der Waals surface area (Å²) in [7, 11) is 1.47. The molecule has 142 valence electrons. The van der Waals surface area contributed by atoms with Gasteiger partial charge in [-0.25, -0.2) is 0 Å². The topological polar surface area (TPSA) is 68.8 Å². The second-order valence-corrected chi connectivity index (χ2v) is 7.57. The molecule has 4 rings (SSSR count). The summed E-state index contributed by atoms with van der Waals surface area (Å²) in [5, 5.41) is 7.22. The predicted octanol–water partition coefficient (Wildman–Crippen LogP) is 2.12. The number of hydrogen-bond acceptors (Lipinski definition) is 6. The molecule has 6 heteroatoms. The Bertz CT molecular complexity index is 615. The fourth-order valence-electron chi connectivity index (χ4n) is 4.40. The van der Waals surface area contributed by atoms with Crippen LogP contribution in [0.25, 0.3) is 0 Å². The van der Waals surface area contributed by atoms with E-state index in [2.05, 4.69) is 34.9 Å². The van der Waals surface area contributed by atoms with E-state index in [0.717, 1.165) is 56.9 Å². The van der Waals surface area contributed by atoms with E-state index in [1.807, 2.05) is 0 Å². The molecule has 0 bridgehead atoms. The molecule has 0 spiro atoms. The summed E-state index contributed by atoms with van der Waals surface area (Å²) in [6, 6.07) is 9.22. The number of hydrogen-bond donors (Lipinski definition) is 2. The second kappa shape index (κ2) is 7.94. The van der Waals surface area contributed by atoms with E-state index in [1.165, 1.54) is 7.11 Å². The van der Waals surface area contributed by atoms with Crippen molar-refractivity contribution in [1.29, 1.82) is 0 Å². The maximum atomic E-state index is 12.3. The van der Waals surface area contributed by atoms with Gasteiger partial charge in [0.05, 0.1) is 26.2 Å². The molecule has 0 amide bonds. The summed E-state index contributed by atoms with van der Waals surface area (Å²) in [5.74, 6) is 0.0827. The molecule has 6 nitrogen and oxygen atoms in total. The molecule has 4 unspecified atom stereocenters. The van der Waals surface area contributed by atoms with Gasteiger partial charge >= 0.3 is 5.97 Å². The van der Waals surface area contributed by atoms with Gasteiger partial charge in [0, 0.05) is 42.9 Å². The molecule has 0 radical (unpaired) electrons. The van der Waals surface area contributed by atoms with Crippen molar-refractivity contribution >= 4 is 11.7 Å². The highest BCUT2D eigenvalue weighted by atomic mass is 16.5. The highest BCUT2D eigenvalue weighted by Crippen LogP contribution is 2.38. The second-order valence-electron chi connectivity index (χ2n) is 7.57. The summed E-state index contributed by atoms with van der Waals surface area (Å²) in [4.78, 5) is 12.3. The number of anilines is 1. The van der Waals surface area contributed by atoms with Gasteiger partial charge in [0.1, 0.15) is 0 Å². The van der Waals surface area contributed by atoms with E-state index in [0.29, 0.717) is 18.0 Å². The van der Waals surface area contributed by atoms with E-state index in [9.17, 15) is 4.79 Å². The lowest BCUT2D eigenvalue weighted by Gasteiger charge is -2.37. The van der Waals surface area contributed by atoms with Crippen molar-refractivity contribution < 1.29 is 19.0 Å². The Hall–Kier alpha value is -1.63. The van der Waals surface area contributed by atoms with Crippen LogP contribution in [0.2, 0.25) is 0 Å². The standard InChI is InChI=1S/C20H28N2O4/c1-24-20(23)17-10-14-11-26-12-18(14)22-19(17)13-2-4-15(5-3-13)21-16-6-8-25-9-7-16/h2-5,14,16-19,21-22H,6-12H2,1H3. The number of esters is 1. The number of carbonyl (C=O) groups excluding carboxylic acids is 1. The van der Waals surface area contributed by atoms with Crippen LogP contribution >= 0.6 is 0 Å². The largest absolute Gasteiger partial charge is 0.469 e. The van der Waals surface area contributed by atoms with Crippen LogP contribution in [-0.2, 0) is 19.0 Å². The molecule has 0 aromatic heterocycles. The molecule has 1 aromatic carbocycles. The number of rotatable bonds is 4. The molecule has 3 aliphatic heterocycles. The molecular formula is C20H28N2O4. The van der Waals surface area contributed by atoms with Crippen LogP contribution in [0.4, 0.5) is 5.69 Å². The summed E-state index contributed by atoms with van der Waals surface area (Å²) in [5.41, 5.74) is 2.25. The zero-order valence-electron chi connectivity index (χ0n) is 15.3. The highest BCUT2D eigenvalue weighted by molar-refractivity contribution is 5.74. The lowest BCUT2D eigenvalue weighted by Crippen LogP contribution is -2.49. The third-order valence-corrected chi connectivity index (χ3v) is 5.92. The zero-order valence-corrected chi connectivity index (χ0v) is 15.3. The van der Waals surface area contributed by atoms with E-state index < -0.39 is 0 Å². The number of methoxy groups -OCH3 is 1. The molecule has 3 saturated heterocycles. The number of fused-ring (bicyclic) bond motifs is 1. The number of piperidine rings is 1. The maximum absolute atomic E-state index is 12.3. The van der Waals surface area contributed by atoms with Gasteiger partial charge in [0.25, 0.3) is 0 Å². The number of ether oxygens (including phenoxy) is 3. The van der Waals surface area contributed by atoms with Gasteiger partial charge in [-0.2, -0.15) is 0 Å². The first kappa shape index (κ1) is 17.8. The van der Waals surface area contributed by atoms with Crippen molar-refractivity contribution in [1.82, 2.24) is 5.32 Å². The van der Waals surface area contributed by atoms with Crippen molar-refractivity contribution in [2.45, 2.75) is 37.4 Å². The van der Waals surface area contributed by atoms with Gasteiger partial charge in [0.2, 0.25) is 0 Å². The molecule has 4 atom stereocenters. The molecule has 26 heavy (non-hydrogen) atoms. The van der Waals surface area contributed by atoms with Crippen LogP contribution in [0.1, 0.15) is 30.9 Å². The van der Waals surface area contributed by atoms with Crippen molar-refractivity contribution in [3.8, 4) is 0 Å². The lowest BCUT2D eigenvalue weighted by atomic mass is 9.79. The summed E-state index contributed by atoms with van der Waals surface area (Å²) < 4.78 is 16.1. The van der Waals surface area contributed by atoms with Gasteiger partial charge in [-0.1, -0.05) is 12.1 Å². The van der Waals surface area contributed by atoms with Gasteiger partial charge in [-0.15, -0.1) is 0 Å². The third-order valence-electron chi connectivity index (χ3n) is 5.92. The van der Waals surface area contributed by atoms with Crippen LogP contribution < -0.4 is 10.6 Å². The average molecular weight is 360 g/mol. The van der Waals surface area contributed by atoms with E-state index in [4.69, 9.17) is 14.2 Å². The smallest absolute Gasteiger partial charge is 0.310 e. The van der Waals surface area contributed by atoms with Crippen LogP contribution in [-0.4, -0.2) is 51.6 Å². The maximum Gasteiger partial charge on any atom is 0.310 e. The molecule has 0 saturated carbocycles. The highest BCUT2D eigenvalue weighted by Gasteiger charge is 2.43. The molecule has 3 fully saturated rings. The van der Waals surface area contributed by atoms with Crippen molar-refractivity contribution in [3.63, 3.8) is 0 Å². The number of carbonyl (C=O) groups is 1. The number of benzene rings is 1. The third kappa shape index (κ3) is 3.72. The fraction of sp³-hybridized carbons (Fsp3) is 0.650. The van der Waals surface area contributed by atoms with Crippen molar-refractivity contribution in [2.24, 2.45) is 11.8 Å². The zero-order chi connectivity index (χ0) is 17.9. The van der Waals surface area contributed by atoms with Crippen molar-refractivity contribution in [2.75, 3.05) is 38.9 Å². The van der Waals surface area contributed by atoms with Crippen molar-refractivity contribution in [3.05, 3.63) is 29.8 Å². The van der Waals surface area contributed by atoms with Gasteiger partial charge < -0.3 is 24.8 Å².